The molecule has 15 heavy (non-hydrogen) atoms. The van der Waals surface area contributed by atoms with E-state index in [-0.39, 0.29) is 11.4 Å². The summed E-state index contributed by atoms with van der Waals surface area (Å²) in [6, 6.07) is 0. The number of hydrogen-bond donors (Lipinski definition) is 2. The second-order valence-corrected chi connectivity index (χ2v) is 3.03. The number of aryl methyl sites for hydroxylation is 1. The second kappa shape index (κ2) is 3.95. The van der Waals surface area contributed by atoms with Crippen LogP contribution in [0.4, 0.5) is 11.6 Å². The highest BCUT2D eigenvalue weighted by Crippen LogP contribution is 2.23. The summed E-state index contributed by atoms with van der Waals surface area (Å²) >= 11 is 0. The molecular weight excluding hydrogens is 194 g/mol. The van der Waals surface area contributed by atoms with Crippen LogP contribution < -0.4 is 11.5 Å². The van der Waals surface area contributed by atoms with Crippen molar-refractivity contribution in [1.29, 1.82) is 0 Å². The molecule has 0 atom stereocenters. The number of aromatic nitrogens is 2. The molecule has 1 aromatic rings. The van der Waals surface area contributed by atoms with Crippen LogP contribution in [0.1, 0.15) is 17.3 Å². The Hall–Kier alpha value is -2.11. The lowest BCUT2D eigenvalue weighted by atomic mass is 10.3. The fourth-order valence-corrected chi connectivity index (χ4v) is 1.11. The van der Waals surface area contributed by atoms with Gasteiger partial charge in [0, 0.05) is 12.8 Å². The molecule has 0 saturated heterocycles. The monoisotopic (exact) mass is 207 g/mol. The van der Waals surface area contributed by atoms with Gasteiger partial charge in [-0.05, 0) is 13.0 Å². The average molecular weight is 207 g/mol. The quantitative estimate of drug-likeness (QED) is 0.701. The maximum atomic E-state index is 11.1. The van der Waals surface area contributed by atoms with Crippen molar-refractivity contribution in [3.05, 3.63) is 18.2 Å². The number of nitrogens with two attached hydrogens (primary N) is 2. The number of carbonyl (C=O) groups is 1. The normalized spacial score (nSPS) is 11.5. The summed E-state index contributed by atoms with van der Waals surface area (Å²) in [6.07, 6.45) is 1.56. The van der Waals surface area contributed by atoms with Crippen LogP contribution in [0, 0.1) is 0 Å². The van der Waals surface area contributed by atoms with E-state index in [0.29, 0.717) is 11.5 Å². The van der Waals surface area contributed by atoms with E-state index in [1.165, 1.54) is 4.68 Å². The number of nitrogens with zero attached hydrogens (tertiary/aromatic N) is 3. The minimum Gasteiger partial charge on any atom is -0.381 e. The molecule has 1 aromatic heterocycles. The van der Waals surface area contributed by atoms with Crippen molar-refractivity contribution < 1.29 is 4.79 Å². The molecule has 0 bridgehead atoms. The first kappa shape index (κ1) is 11.0. The van der Waals surface area contributed by atoms with E-state index >= 15 is 0 Å². The molecule has 0 spiro atoms. The van der Waals surface area contributed by atoms with Gasteiger partial charge in [-0.25, -0.2) is 9.67 Å². The molecule has 0 aliphatic carbocycles. The molecule has 0 aromatic carbocycles. The van der Waals surface area contributed by atoms with Gasteiger partial charge in [-0.3, -0.25) is 4.79 Å². The van der Waals surface area contributed by atoms with Gasteiger partial charge < -0.3 is 11.5 Å². The predicted octanol–water partition coefficient (Wildman–Crippen LogP) is 0.380. The van der Waals surface area contributed by atoms with Crippen molar-refractivity contribution in [3.8, 4) is 0 Å². The van der Waals surface area contributed by atoms with Crippen LogP contribution in [-0.4, -0.2) is 21.4 Å². The number of amides is 1. The van der Waals surface area contributed by atoms with Crippen LogP contribution in [-0.2, 0) is 7.05 Å². The van der Waals surface area contributed by atoms with E-state index < -0.39 is 5.91 Å². The summed E-state index contributed by atoms with van der Waals surface area (Å²) in [5, 5.41) is 3.87. The minimum absolute atomic E-state index is 0.0839. The summed E-state index contributed by atoms with van der Waals surface area (Å²) in [5.41, 5.74) is 11.5. The van der Waals surface area contributed by atoms with E-state index in [9.17, 15) is 4.79 Å². The summed E-state index contributed by atoms with van der Waals surface area (Å²) in [6.45, 7) is 5.31. The van der Waals surface area contributed by atoms with Gasteiger partial charge in [0.25, 0.3) is 5.91 Å². The number of primary amides is 1. The number of allylic oxidation sites excluding steroid dienone is 1. The zero-order valence-corrected chi connectivity index (χ0v) is 8.69. The summed E-state index contributed by atoms with van der Waals surface area (Å²) < 4.78 is 1.41. The molecule has 0 aliphatic rings. The third-order valence-corrected chi connectivity index (χ3v) is 1.87. The molecule has 80 valence electrons. The topological polar surface area (TPSA) is 99.3 Å². The maximum absolute atomic E-state index is 11.1. The Morgan fingerprint density at radius 1 is 1.67 bits per heavy atom. The molecule has 0 aliphatic heterocycles. The SMILES string of the molecule is C=C/C(C)=N\c1c(C(N)=O)c(N)nn1C. The summed E-state index contributed by atoms with van der Waals surface area (Å²) in [7, 11) is 1.64. The zero-order chi connectivity index (χ0) is 11.6. The lowest BCUT2D eigenvalue weighted by Gasteiger charge is -1.98. The summed E-state index contributed by atoms with van der Waals surface area (Å²) in [4.78, 5) is 15.3. The zero-order valence-electron chi connectivity index (χ0n) is 8.69. The first-order valence-corrected chi connectivity index (χ1v) is 4.27. The van der Waals surface area contributed by atoms with Crippen molar-refractivity contribution in [2.45, 2.75) is 6.92 Å². The van der Waals surface area contributed by atoms with E-state index in [1.54, 1.807) is 20.0 Å². The molecule has 0 unspecified atom stereocenters. The van der Waals surface area contributed by atoms with Gasteiger partial charge in [0.1, 0.15) is 5.56 Å². The Morgan fingerprint density at radius 2 is 2.27 bits per heavy atom. The molecule has 0 saturated carbocycles. The Balaban J connectivity index is 3.39. The number of hydrogen-bond acceptors (Lipinski definition) is 4. The van der Waals surface area contributed by atoms with Crippen molar-refractivity contribution in [3.63, 3.8) is 0 Å². The average Bonchev–Trinajstić information content (AvgIpc) is 2.41. The largest absolute Gasteiger partial charge is 0.381 e. The Labute approximate surface area is 87.3 Å². The highest BCUT2D eigenvalue weighted by atomic mass is 16.1. The van der Waals surface area contributed by atoms with Crippen LogP contribution in [0.15, 0.2) is 17.6 Å². The molecular formula is C9H13N5O. The maximum Gasteiger partial charge on any atom is 0.256 e. The lowest BCUT2D eigenvalue weighted by Crippen LogP contribution is -2.12. The smallest absolute Gasteiger partial charge is 0.256 e. The lowest BCUT2D eigenvalue weighted by molar-refractivity contribution is 0.100. The first-order valence-electron chi connectivity index (χ1n) is 4.27. The van der Waals surface area contributed by atoms with Crippen molar-refractivity contribution in [2.24, 2.45) is 17.8 Å². The fraction of sp³-hybridized carbons (Fsp3) is 0.222. The van der Waals surface area contributed by atoms with Gasteiger partial charge in [-0.2, -0.15) is 5.10 Å². The Morgan fingerprint density at radius 3 is 2.73 bits per heavy atom. The third-order valence-electron chi connectivity index (χ3n) is 1.87. The number of carbonyl (C=O) groups excluding carboxylic acids is 1. The van der Waals surface area contributed by atoms with Crippen molar-refractivity contribution >= 4 is 23.3 Å². The number of aliphatic imine (C=N–C) groups is 1. The van der Waals surface area contributed by atoms with Gasteiger partial charge in [0.05, 0.1) is 0 Å². The molecule has 0 fully saturated rings. The van der Waals surface area contributed by atoms with Crippen LogP contribution in [0.3, 0.4) is 0 Å². The Kier molecular flexibility index (Phi) is 2.89. The van der Waals surface area contributed by atoms with Gasteiger partial charge in [-0.15, -0.1) is 0 Å². The fourth-order valence-electron chi connectivity index (χ4n) is 1.11. The summed E-state index contributed by atoms with van der Waals surface area (Å²) in [5.74, 6) is -0.214. The molecule has 0 radical (unpaired) electrons. The van der Waals surface area contributed by atoms with E-state index in [4.69, 9.17) is 11.5 Å². The van der Waals surface area contributed by atoms with Crippen LogP contribution >= 0.6 is 0 Å². The highest BCUT2D eigenvalue weighted by molar-refractivity contribution is 6.03. The van der Waals surface area contributed by atoms with Gasteiger partial charge >= 0.3 is 0 Å². The number of rotatable bonds is 3. The number of anilines is 1. The third kappa shape index (κ3) is 2.04. The second-order valence-electron chi connectivity index (χ2n) is 3.03. The molecule has 1 heterocycles. The van der Waals surface area contributed by atoms with E-state index in [1.807, 2.05) is 0 Å². The van der Waals surface area contributed by atoms with Crippen molar-refractivity contribution in [2.75, 3.05) is 5.73 Å². The van der Waals surface area contributed by atoms with E-state index in [0.717, 1.165) is 0 Å². The van der Waals surface area contributed by atoms with E-state index in [2.05, 4.69) is 16.7 Å². The molecule has 1 rings (SSSR count). The molecule has 1 amide bonds. The van der Waals surface area contributed by atoms with Crippen LogP contribution in [0.25, 0.3) is 0 Å². The molecule has 4 N–H and O–H groups in total. The predicted molar refractivity (Wildman–Crippen MR) is 59.1 cm³/mol. The van der Waals surface area contributed by atoms with Crippen molar-refractivity contribution in [1.82, 2.24) is 9.78 Å². The minimum atomic E-state index is -0.642. The first-order chi connectivity index (χ1) is 6.97. The van der Waals surface area contributed by atoms with Gasteiger partial charge in [0.2, 0.25) is 0 Å². The molecule has 6 nitrogen and oxygen atoms in total. The van der Waals surface area contributed by atoms with Gasteiger partial charge in [-0.1, -0.05) is 6.58 Å². The highest BCUT2D eigenvalue weighted by Gasteiger charge is 2.18. The Bertz CT molecular complexity index is 444. The van der Waals surface area contributed by atoms with Crippen LogP contribution in [0.2, 0.25) is 0 Å². The standard InChI is InChI=1S/C9H13N5O/c1-4-5(2)12-9-6(8(11)15)7(10)13-14(9)3/h4H,1H2,2-3H3,(H2,10,13)(H2,11,15)/b12-5-. The van der Waals surface area contributed by atoms with Crippen LogP contribution in [0.5, 0.6) is 0 Å². The number of nitrogen functional groups attached to an aromatic ring is 1. The van der Waals surface area contributed by atoms with Gasteiger partial charge in [0.15, 0.2) is 11.6 Å². The molecule has 6 heteroatoms.